The number of para-hydroxylation sites is 1. The number of nitrogens with zero attached hydrogens (tertiary/aromatic N) is 1. The van der Waals surface area contributed by atoms with Crippen molar-refractivity contribution in [3.63, 3.8) is 0 Å². The molecule has 1 unspecified atom stereocenters. The van der Waals surface area contributed by atoms with E-state index in [1.54, 1.807) is 12.1 Å². The maximum atomic E-state index is 13.5. The number of hydrogen-bond acceptors (Lipinski definition) is 1. The molecule has 1 aromatic heterocycles. The van der Waals surface area contributed by atoms with E-state index in [2.05, 4.69) is 17.1 Å². The fourth-order valence-electron chi connectivity index (χ4n) is 4.20. The van der Waals surface area contributed by atoms with Gasteiger partial charge in [-0.2, -0.15) is 0 Å². The summed E-state index contributed by atoms with van der Waals surface area (Å²) < 4.78 is 13.5. The number of benzene rings is 3. The zero-order valence-electron chi connectivity index (χ0n) is 15.2. The monoisotopic (exact) mass is 370 g/mol. The minimum Gasteiger partial charge on any atom is -0.356 e. The normalized spacial score (nSPS) is 16.2. The van der Waals surface area contributed by atoms with Crippen molar-refractivity contribution >= 4 is 16.8 Å². The lowest BCUT2D eigenvalue weighted by molar-refractivity contribution is 0.0692. The molecule has 1 aliphatic heterocycles. The number of H-pyrrole nitrogens is 1. The van der Waals surface area contributed by atoms with Crippen LogP contribution in [-0.2, 0) is 6.42 Å². The molecule has 3 nitrogen and oxygen atoms in total. The van der Waals surface area contributed by atoms with Crippen LogP contribution in [0.5, 0.6) is 0 Å². The first-order chi connectivity index (χ1) is 13.7. The van der Waals surface area contributed by atoms with E-state index in [1.807, 2.05) is 47.4 Å². The number of carbonyl (C=O) groups is 1. The van der Waals surface area contributed by atoms with Gasteiger partial charge in [0.15, 0.2) is 0 Å². The highest BCUT2D eigenvalue weighted by Gasteiger charge is 2.34. The molecule has 0 radical (unpaired) electrons. The van der Waals surface area contributed by atoms with Crippen LogP contribution in [0.4, 0.5) is 4.39 Å². The van der Waals surface area contributed by atoms with Gasteiger partial charge in [0, 0.05) is 28.7 Å². The first-order valence-corrected chi connectivity index (χ1v) is 9.43. The maximum absolute atomic E-state index is 13.5. The van der Waals surface area contributed by atoms with Gasteiger partial charge in [-0.1, -0.05) is 48.5 Å². The van der Waals surface area contributed by atoms with Crippen molar-refractivity contribution in [1.29, 1.82) is 0 Å². The van der Waals surface area contributed by atoms with Crippen LogP contribution in [-0.4, -0.2) is 22.3 Å². The van der Waals surface area contributed by atoms with Crippen LogP contribution in [0.1, 0.15) is 33.2 Å². The summed E-state index contributed by atoms with van der Waals surface area (Å²) in [6, 6.07) is 23.7. The lowest BCUT2D eigenvalue weighted by atomic mass is 9.91. The van der Waals surface area contributed by atoms with Crippen molar-refractivity contribution in [3.05, 3.63) is 107 Å². The number of nitrogens with one attached hydrogen (secondary N) is 1. The van der Waals surface area contributed by atoms with E-state index in [4.69, 9.17) is 0 Å². The molecule has 2 heterocycles. The van der Waals surface area contributed by atoms with E-state index in [0.29, 0.717) is 12.1 Å². The number of amides is 1. The summed E-state index contributed by atoms with van der Waals surface area (Å²) in [5.41, 5.74) is 4.88. The summed E-state index contributed by atoms with van der Waals surface area (Å²) in [6.45, 7) is 0.616. The first-order valence-electron chi connectivity index (χ1n) is 9.43. The van der Waals surface area contributed by atoms with E-state index < -0.39 is 0 Å². The van der Waals surface area contributed by atoms with Gasteiger partial charge in [-0.15, -0.1) is 0 Å². The third-order valence-corrected chi connectivity index (χ3v) is 5.50. The van der Waals surface area contributed by atoms with Crippen molar-refractivity contribution < 1.29 is 9.18 Å². The quantitative estimate of drug-likeness (QED) is 0.524. The van der Waals surface area contributed by atoms with Crippen LogP contribution < -0.4 is 0 Å². The Morgan fingerprint density at radius 2 is 1.64 bits per heavy atom. The van der Waals surface area contributed by atoms with Gasteiger partial charge in [-0.05, 0) is 47.9 Å². The van der Waals surface area contributed by atoms with Gasteiger partial charge < -0.3 is 9.88 Å². The Kier molecular flexibility index (Phi) is 3.97. The molecule has 1 aliphatic rings. The van der Waals surface area contributed by atoms with Crippen molar-refractivity contribution in [1.82, 2.24) is 9.88 Å². The molecule has 0 saturated carbocycles. The van der Waals surface area contributed by atoms with Crippen LogP contribution in [0.2, 0.25) is 0 Å². The van der Waals surface area contributed by atoms with Crippen molar-refractivity contribution in [2.75, 3.05) is 6.54 Å². The molecule has 138 valence electrons. The number of carbonyl (C=O) groups excluding carboxylic acids is 1. The highest BCUT2D eigenvalue weighted by atomic mass is 19.1. The summed E-state index contributed by atoms with van der Waals surface area (Å²) in [5, 5.41) is 1.19. The molecule has 1 atom stereocenters. The molecule has 0 fully saturated rings. The molecule has 4 aromatic rings. The van der Waals surface area contributed by atoms with Gasteiger partial charge in [0.05, 0.1) is 6.04 Å². The molecule has 5 rings (SSSR count). The Morgan fingerprint density at radius 1 is 0.929 bits per heavy atom. The van der Waals surface area contributed by atoms with E-state index in [-0.39, 0.29) is 17.8 Å². The highest BCUT2D eigenvalue weighted by molar-refractivity contribution is 5.95. The van der Waals surface area contributed by atoms with Crippen LogP contribution >= 0.6 is 0 Å². The summed E-state index contributed by atoms with van der Waals surface area (Å²) in [7, 11) is 0. The molecule has 3 aromatic carbocycles. The van der Waals surface area contributed by atoms with E-state index in [0.717, 1.165) is 23.2 Å². The number of aromatic nitrogens is 1. The topological polar surface area (TPSA) is 36.1 Å². The molecule has 28 heavy (non-hydrogen) atoms. The number of fused-ring (bicyclic) bond motifs is 3. The SMILES string of the molecule is O=C(c1ccccc1)N1CCc2c([nH]c3ccccc23)C1c1ccc(F)cc1. The summed E-state index contributed by atoms with van der Waals surface area (Å²) in [5.74, 6) is -0.295. The molecule has 0 saturated heterocycles. The second kappa shape index (κ2) is 6.64. The van der Waals surface area contributed by atoms with Crippen LogP contribution in [0.3, 0.4) is 0 Å². The third-order valence-electron chi connectivity index (χ3n) is 5.50. The highest BCUT2D eigenvalue weighted by Crippen LogP contribution is 2.39. The van der Waals surface area contributed by atoms with E-state index >= 15 is 0 Å². The predicted molar refractivity (Wildman–Crippen MR) is 108 cm³/mol. The van der Waals surface area contributed by atoms with Gasteiger partial charge in [0.1, 0.15) is 5.82 Å². The molecule has 1 N–H and O–H groups in total. The van der Waals surface area contributed by atoms with Gasteiger partial charge in [0.2, 0.25) is 0 Å². The largest absolute Gasteiger partial charge is 0.356 e. The average molecular weight is 370 g/mol. The lowest BCUT2D eigenvalue weighted by Crippen LogP contribution is -2.40. The Balaban J connectivity index is 1.67. The lowest BCUT2D eigenvalue weighted by Gasteiger charge is -2.36. The first kappa shape index (κ1) is 16.8. The van der Waals surface area contributed by atoms with Gasteiger partial charge in [-0.3, -0.25) is 4.79 Å². The Labute approximate surface area is 162 Å². The fraction of sp³-hybridized carbons (Fsp3) is 0.125. The zero-order valence-corrected chi connectivity index (χ0v) is 15.2. The van der Waals surface area contributed by atoms with Crippen LogP contribution in [0, 0.1) is 5.82 Å². The predicted octanol–water partition coefficient (Wildman–Crippen LogP) is 5.09. The molecule has 4 heteroatoms. The number of rotatable bonds is 2. The molecular formula is C24H19FN2O. The second-order valence-corrected chi connectivity index (χ2v) is 7.13. The molecule has 0 spiro atoms. The van der Waals surface area contributed by atoms with Crippen LogP contribution in [0.25, 0.3) is 10.9 Å². The summed E-state index contributed by atoms with van der Waals surface area (Å²) in [6.07, 6.45) is 0.787. The van der Waals surface area contributed by atoms with Crippen LogP contribution in [0.15, 0.2) is 78.9 Å². The van der Waals surface area contributed by atoms with Crippen molar-refractivity contribution in [2.24, 2.45) is 0 Å². The number of hydrogen-bond donors (Lipinski definition) is 1. The summed E-state index contributed by atoms with van der Waals surface area (Å²) >= 11 is 0. The van der Waals surface area contributed by atoms with Gasteiger partial charge in [-0.25, -0.2) is 4.39 Å². The van der Waals surface area contributed by atoms with Crippen molar-refractivity contribution in [3.8, 4) is 0 Å². The third kappa shape index (κ3) is 2.69. The Morgan fingerprint density at radius 3 is 2.43 bits per heavy atom. The van der Waals surface area contributed by atoms with E-state index in [9.17, 15) is 9.18 Å². The van der Waals surface area contributed by atoms with Crippen molar-refractivity contribution in [2.45, 2.75) is 12.5 Å². The summed E-state index contributed by atoms with van der Waals surface area (Å²) in [4.78, 5) is 18.7. The Bertz CT molecular complexity index is 1150. The van der Waals surface area contributed by atoms with Gasteiger partial charge >= 0.3 is 0 Å². The molecule has 1 amide bonds. The van der Waals surface area contributed by atoms with E-state index in [1.165, 1.54) is 23.1 Å². The molecular weight excluding hydrogens is 351 g/mol. The average Bonchev–Trinajstić information content (AvgIpc) is 3.13. The second-order valence-electron chi connectivity index (χ2n) is 7.13. The number of halogens is 1. The minimum atomic E-state index is -0.280. The smallest absolute Gasteiger partial charge is 0.254 e. The zero-order chi connectivity index (χ0) is 19.1. The molecule has 0 aliphatic carbocycles. The minimum absolute atomic E-state index is 0.0146. The number of aromatic amines is 1. The fourth-order valence-corrected chi connectivity index (χ4v) is 4.20. The molecule has 0 bridgehead atoms. The Hall–Kier alpha value is -3.40. The standard InChI is InChI=1S/C24H19FN2O/c25-18-12-10-16(11-13-18)23-22-20(19-8-4-5-9-21(19)26-22)14-15-27(23)24(28)17-6-2-1-3-7-17/h1-13,23,26H,14-15H2. The maximum Gasteiger partial charge on any atom is 0.254 e. The van der Waals surface area contributed by atoms with Gasteiger partial charge in [0.25, 0.3) is 5.91 Å².